The Labute approximate surface area is 433 Å². The zero-order valence-corrected chi connectivity index (χ0v) is 42.9. The van der Waals surface area contributed by atoms with E-state index in [1.807, 2.05) is 69.6 Å². The number of aromatic nitrogens is 2. The van der Waals surface area contributed by atoms with Crippen LogP contribution in [0.15, 0.2) is 103 Å². The molecular weight excluding hydrogens is 964 g/mol. The normalized spacial score (nSPS) is 17.8. The van der Waals surface area contributed by atoms with Crippen molar-refractivity contribution >= 4 is 68.8 Å². The lowest BCUT2D eigenvalue weighted by atomic mass is 9.85. The number of fused-ring (bicyclic) bond motifs is 1. The van der Waals surface area contributed by atoms with Gasteiger partial charge in [0.1, 0.15) is 40.6 Å². The highest BCUT2D eigenvalue weighted by molar-refractivity contribution is 7.13. The average molecular weight is 1030 g/mol. The molecule has 74 heavy (non-hydrogen) atoms. The van der Waals surface area contributed by atoms with Gasteiger partial charge in [0.05, 0.1) is 40.5 Å². The number of ether oxygens (including phenoxy) is 2. The molecule has 386 valence electrons. The van der Waals surface area contributed by atoms with E-state index in [1.165, 1.54) is 29.2 Å². The van der Waals surface area contributed by atoms with Crippen molar-refractivity contribution in [1.29, 1.82) is 0 Å². The molecule has 3 fully saturated rings. The minimum Gasteiger partial charge on any atom is -0.495 e. The van der Waals surface area contributed by atoms with Crippen molar-refractivity contribution in [3.63, 3.8) is 0 Å². The van der Waals surface area contributed by atoms with Gasteiger partial charge in [-0.2, -0.15) is 0 Å². The summed E-state index contributed by atoms with van der Waals surface area (Å²) in [7, 11) is 1.61. The fourth-order valence-electron chi connectivity index (χ4n) is 9.73. The smallest absolute Gasteiger partial charge is 0.246 e. The van der Waals surface area contributed by atoms with Gasteiger partial charge in [-0.3, -0.25) is 29.0 Å². The second kappa shape index (κ2) is 21.6. The van der Waals surface area contributed by atoms with Crippen molar-refractivity contribution in [1.82, 2.24) is 25.5 Å². The molecule has 3 atom stereocenters. The number of hydrogen-bond acceptors (Lipinski definition) is 12. The zero-order valence-electron chi connectivity index (χ0n) is 42.1. The number of amides is 5. The standard InChI is InChI=1S/C56H61FN8O8S/c1-33-49(74-32-60-33)36-8-6-35(7-9-36)30-59-51(68)45-27-40(66)31-65(45)52(69)50(55(2,3)4)63-48(67)26-34-19-24-64(25-20-34)44-29-43-42(28-47(44)72-5)46(18-23-58-43)73-41-16-14-39(15-17-41)62-54(71)56(21-22-56)53(70)61-38-12-10-37(57)11-13-38/h6-18,23,28-29,32,34,40,45,50,66H,19-22,24-27,30-31H2,1-5H3,(H,59,68)(H,61,70)(H,62,71)(H,63,67)/t40-,45+,50-/m1/s1. The summed E-state index contributed by atoms with van der Waals surface area (Å²) in [4.78, 5) is 81.7. The minimum absolute atomic E-state index is 0.00661. The molecule has 9 rings (SSSR count). The number of benzene rings is 4. The zero-order chi connectivity index (χ0) is 52.3. The van der Waals surface area contributed by atoms with Crippen molar-refractivity contribution in [3.8, 4) is 27.7 Å². The molecular formula is C56H61FN8O8S. The van der Waals surface area contributed by atoms with E-state index in [0.717, 1.165) is 32.8 Å². The summed E-state index contributed by atoms with van der Waals surface area (Å²) in [6, 6.07) is 24.0. The molecule has 1 aliphatic carbocycles. The summed E-state index contributed by atoms with van der Waals surface area (Å²) in [5.74, 6) is -0.544. The molecule has 2 aliphatic heterocycles. The molecule has 0 bridgehead atoms. The summed E-state index contributed by atoms with van der Waals surface area (Å²) in [5.41, 5.74) is 5.29. The predicted octanol–water partition coefficient (Wildman–Crippen LogP) is 8.38. The third-order valence-electron chi connectivity index (χ3n) is 14.2. The van der Waals surface area contributed by atoms with Gasteiger partial charge in [-0.25, -0.2) is 9.37 Å². The highest BCUT2D eigenvalue weighted by Crippen LogP contribution is 2.48. The molecule has 4 aromatic carbocycles. The maximum absolute atomic E-state index is 14.3. The van der Waals surface area contributed by atoms with Crippen LogP contribution in [0.2, 0.25) is 0 Å². The van der Waals surface area contributed by atoms with Gasteiger partial charge < -0.3 is 45.6 Å². The first-order valence-electron chi connectivity index (χ1n) is 24.9. The van der Waals surface area contributed by atoms with E-state index in [2.05, 4.69) is 36.1 Å². The Morgan fingerprint density at radius 3 is 2.15 bits per heavy atom. The van der Waals surface area contributed by atoms with Gasteiger partial charge >= 0.3 is 0 Å². The molecule has 0 radical (unpaired) electrons. The highest BCUT2D eigenvalue weighted by Gasteiger charge is 2.56. The maximum Gasteiger partial charge on any atom is 0.246 e. The quantitative estimate of drug-likeness (QED) is 0.0583. The summed E-state index contributed by atoms with van der Waals surface area (Å²) >= 11 is 1.57. The second-order valence-electron chi connectivity index (χ2n) is 20.6. The number of hydrogen-bond donors (Lipinski definition) is 5. The number of likely N-dealkylation sites (tertiary alicyclic amines) is 1. The lowest BCUT2D eigenvalue weighted by Crippen LogP contribution is -2.58. The van der Waals surface area contributed by atoms with E-state index in [9.17, 15) is 33.5 Å². The van der Waals surface area contributed by atoms with Gasteiger partial charge in [0.25, 0.3) is 0 Å². The Bertz CT molecular complexity index is 3040. The highest BCUT2D eigenvalue weighted by atomic mass is 32.1. The molecule has 0 spiro atoms. The molecule has 2 aromatic heterocycles. The fourth-order valence-corrected chi connectivity index (χ4v) is 10.5. The molecule has 18 heteroatoms. The lowest BCUT2D eigenvalue weighted by Gasteiger charge is -2.36. The monoisotopic (exact) mass is 1020 g/mol. The minimum atomic E-state index is -1.20. The summed E-state index contributed by atoms with van der Waals surface area (Å²) in [6.45, 7) is 9.16. The van der Waals surface area contributed by atoms with Crippen LogP contribution in [0.5, 0.6) is 17.2 Å². The Hall–Kier alpha value is -7.44. The molecule has 0 unspecified atom stereocenters. The molecule has 6 aromatic rings. The van der Waals surface area contributed by atoms with Crippen molar-refractivity contribution < 1.29 is 42.9 Å². The van der Waals surface area contributed by atoms with E-state index in [-0.39, 0.29) is 43.7 Å². The van der Waals surface area contributed by atoms with E-state index < -0.39 is 52.6 Å². The van der Waals surface area contributed by atoms with Crippen LogP contribution in [0.3, 0.4) is 0 Å². The SMILES string of the molecule is COc1cc2c(Oc3ccc(NC(=O)C4(C(=O)Nc5ccc(F)cc5)CC4)cc3)ccnc2cc1N1CCC(CC(=O)N[C@H](C(=O)N2C[C@H](O)C[C@H]2C(=O)NCc2ccc(-c3scnc3C)cc2)C(C)(C)C)CC1. The number of aliphatic hydroxyl groups is 1. The number of nitrogens with one attached hydrogen (secondary N) is 4. The van der Waals surface area contributed by atoms with Crippen molar-refractivity contribution in [2.45, 2.75) is 91.0 Å². The first kappa shape index (κ1) is 51.5. The third-order valence-corrected chi connectivity index (χ3v) is 15.2. The van der Waals surface area contributed by atoms with Crippen LogP contribution in [0, 0.1) is 29.5 Å². The van der Waals surface area contributed by atoms with E-state index in [4.69, 9.17) is 9.47 Å². The first-order chi connectivity index (χ1) is 35.5. The number of rotatable bonds is 16. The first-order valence-corrected chi connectivity index (χ1v) is 25.8. The number of nitrogens with zero attached hydrogens (tertiary/aromatic N) is 4. The Morgan fingerprint density at radius 2 is 1.54 bits per heavy atom. The van der Waals surface area contributed by atoms with Crippen molar-refractivity contribution in [2.24, 2.45) is 16.7 Å². The number of carbonyl (C=O) groups is 5. The topological polar surface area (TPSA) is 204 Å². The van der Waals surface area contributed by atoms with Crippen LogP contribution < -0.4 is 35.6 Å². The maximum atomic E-state index is 14.3. The molecule has 1 saturated carbocycles. The van der Waals surface area contributed by atoms with Gasteiger partial charge in [-0.05, 0) is 122 Å². The average Bonchev–Trinajstić information content (AvgIpc) is 3.96. The van der Waals surface area contributed by atoms with Crippen LogP contribution in [0.4, 0.5) is 21.5 Å². The molecule has 16 nitrogen and oxygen atoms in total. The predicted molar refractivity (Wildman–Crippen MR) is 281 cm³/mol. The fraction of sp³-hybridized carbons (Fsp3) is 0.375. The van der Waals surface area contributed by atoms with Crippen LogP contribution in [0.1, 0.15) is 70.6 Å². The van der Waals surface area contributed by atoms with Crippen molar-refractivity contribution in [3.05, 3.63) is 120 Å². The summed E-state index contributed by atoms with van der Waals surface area (Å²) < 4.78 is 25.6. The summed E-state index contributed by atoms with van der Waals surface area (Å²) in [5, 5.41) is 23.0. The Kier molecular flexibility index (Phi) is 15.0. The van der Waals surface area contributed by atoms with Gasteiger partial charge in [-0.15, -0.1) is 11.3 Å². The number of aliphatic hydroxyl groups excluding tert-OH is 1. The number of thiazole rings is 1. The van der Waals surface area contributed by atoms with Crippen LogP contribution >= 0.6 is 11.3 Å². The Morgan fingerprint density at radius 1 is 0.878 bits per heavy atom. The van der Waals surface area contributed by atoms with Crippen LogP contribution in [-0.2, 0) is 30.5 Å². The number of β-amino-alcohol motifs (C(OH)–C–C–N with tert-alkyl or cyclic N) is 1. The molecule has 2 saturated heterocycles. The number of carbonyl (C=O) groups excluding carboxylic acids is 5. The lowest BCUT2D eigenvalue weighted by molar-refractivity contribution is -0.144. The van der Waals surface area contributed by atoms with E-state index >= 15 is 0 Å². The molecule has 3 aliphatic rings. The Balaban J connectivity index is 0.776. The molecule has 4 heterocycles. The number of methoxy groups -OCH3 is 1. The summed E-state index contributed by atoms with van der Waals surface area (Å²) in [6.07, 6.45) is 3.36. The van der Waals surface area contributed by atoms with Crippen LogP contribution in [-0.4, -0.2) is 94.4 Å². The molecule has 5 amide bonds. The molecule has 5 N–H and O–H groups in total. The van der Waals surface area contributed by atoms with E-state index in [0.29, 0.717) is 72.9 Å². The number of halogens is 1. The number of aryl methyl sites for hydroxylation is 1. The van der Waals surface area contributed by atoms with Gasteiger partial charge in [0, 0.05) is 62.0 Å². The van der Waals surface area contributed by atoms with Gasteiger partial charge in [0.15, 0.2) is 0 Å². The number of piperidine rings is 1. The van der Waals surface area contributed by atoms with E-state index in [1.54, 1.807) is 55.0 Å². The third kappa shape index (κ3) is 11.5. The van der Waals surface area contributed by atoms with Gasteiger partial charge in [-0.1, -0.05) is 45.0 Å². The van der Waals surface area contributed by atoms with Crippen molar-refractivity contribution in [2.75, 3.05) is 42.3 Å². The number of anilines is 3. The number of pyridine rings is 1. The van der Waals surface area contributed by atoms with Gasteiger partial charge in [0.2, 0.25) is 29.5 Å². The largest absolute Gasteiger partial charge is 0.495 e. The van der Waals surface area contributed by atoms with Crippen LogP contribution in [0.25, 0.3) is 21.3 Å². The second-order valence-corrected chi connectivity index (χ2v) is 21.4.